The van der Waals surface area contributed by atoms with E-state index in [1.54, 1.807) is 23.0 Å². The van der Waals surface area contributed by atoms with Crippen molar-refractivity contribution in [2.45, 2.75) is 32.4 Å². The Balaban J connectivity index is 1.15. The van der Waals surface area contributed by atoms with E-state index < -0.39 is 11.6 Å². The average Bonchev–Trinajstić information content (AvgIpc) is 3.62. The Morgan fingerprint density at radius 3 is 2.59 bits per heavy atom. The van der Waals surface area contributed by atoms with Crippen LogP contribution in [0.5, 0.6) is 0 Å². The van der Waals surface area contributed by atoms with Crippen molar-refractivity contribution in [1.29, 1.82) is 0 Å². The number of piperazine rings is 1. The van der Waals surface area contributed by atoms with Crippen molar-refractivity contribution in [2.75, 3.05) is 42.9 Å². The number of nitrogens with one attached hydrogen (secondary N) is 1. The van der Waals surface area contributed by atoms with Gasteiger partial charge in [0, 0.05) is 62.3 Å². The summed E-state index contributed by atoms with van der Waals surface area (Å²) in [6, 6.07) is 12.7. The molecule has 2 fully saturated rings. The fourth-order valence-electron chi connectivity index (χ4n) is 5.74. The largest absolute Gasteiger partial charge is 0.373 e. The van der Waals surface area contributed by atoms with Gasteiger partial charge in [-0.05, 0) is 61.7 Å². The molecule has 4 heterocycles. The summed E-state index contributed by atoms with van der Waals surface area (Å²) in [5.41, 5.74) is 4.08. The number of carbonyl (C=O) groups excluding carboxylic acids is 1. The van der Waals surface area contributed by atoms with Gasteiger partial charge in [-0.25, -0.2) is 18.3 Å². The minimum Gasteiger partial charge on any atom is -0.373 e. The second-order valence-electron chi connectivity index (χ2n) is 10.8. The van der Waals surface area contributed by atoms with Crippen LogP contribution in [0.15, 0.2) is 73.2 Å². The van der Waals surface area contributed by atoms with E-state index in [4.69, 9.17) is 4.98 Å². The Morgan fingerprint density at radius 2 is 1.83 bits per heavy atom. The van der Waals surface area contributed by atoms with Crippen LogP contribution >= 0.6 is 0 Å². The molecule has 2 aliphatic heterocycles. The summed E-state index contributed by atoms with van der Waals surface area (Å²) in [4.78, 5) is 24.6. The number of anilines is 2. The summed E-state index contributed by atoms with van der Waals surface area (Å²) in [7, 11) is 0. The molecular formula is C31H33F2N7O. The van der Waals surface area contributed by atoms with Crippen LogP contribution in [0.4, 0.5) is 20.3 Å². The maximum absolute atomic E-state index is 14.6. The van der Waals surface area contributed by atoms with Gasteiger partial charge < -0.3 is 15.1 Å². The van der Waals surface area contributed by atoms with Crippen molar-refractivity contribution >= 4 is 23.1 Å². The zero-order valence-corrected chi connectivity index (χ0v) is 23.1. The van der Waals surface area contributed by atoms with E-state index in [0.29, 0.717) is 41.2 Å². The summed E-state index contributed by atoms with van der Waals surface area (Å²) in [6.45, 7) is 11.5. The lowest BCUT2D eigenvalue weighted by Crippen LogP contribution is -2.44. The Bertz CT molecular complexity index is 1580. The number of hydrogen-bond donors (Lipinski definition) is 1. The number of allylic oxidation sites excluding steroid dienone is 1. The van der Waals surface area contributed by atoms with Gasteiger partial charge in [0.05, 0.1) is 12.2 Å². The van der Waals surface area contributed by atoms with E-state index in [9.17, 15) is 13.6 Å². The maximum atomic E-state index is 14.6. The van der Waals surface area contributed by atoms with Crippen LogP contribution in [0.25, 0.3) is 5.65 Å². The molecule has 1 N–H and O–H groups in total. The first-order valence-electron chi connectivity index (χ1n) is 13.9. The predicted octanol–water partition coefficient (Wildman–Crippen LogP) is 5.25. The SMILES string of the molecule is C=C(C)N1CCN(Cc2ccc(C(=O)Nc3cnn4ccc(N5CCC[C@@H]5c5cc(F)ccc5F)nc34)cc2)CC1. The molecule has 6 rings (SSSR count). The zero-order chi connectivity index (χ0) is 28.5. The van der Waals surface area contributed by atoms with Crippen LogP contribution in [0.1, 0.15) is 47.3 Å². The Morgan fingerprint density at radius 1 is 1.05 bits per heavy atom. The third-order valence-electron chi connectivity index (χ3n) is 8.00. The third-order valence-corrected chi connectivity index (χ3v) is 8.00. The molecule has 0 spiro atoms. The van der Waals surface area contributed by atoms with Gasteiger partial charge in [-0.3, -0.25) is 9.69 Å². The number of aromatic nitrogens is 3. The molecule has 1 amide bonds. The summed E-state index contributed by atoms with van der Waals surface area (Å²) >= 11 is 0. The Labute approximate surface area is 237 Å². The quantitative estimate of drug-likeness (QED) is 0.335. The van der Waals surface area contributed by atoms with Crippen molar-refractivity contribution in [3.63, 3.8) is 0 Å². The molecule has 0 bridgehead atoms. The van der Waals surface area contributed by atoms with Crippen LogP contribution in [-0.4, -0.2) is 63.0 Å². The average molecular weight is 558 g/mol. The molecule has 0 radical (unpaired) electrons. The highest BCUT2D eigenvalue weighted by Gasteiger charge is 2.30. The lowest BCUT2D eigenvalue weighted by molar-refractivity contribution is 0.102. The first kappa shape index (κ1) is 26.9. The molecule has 2 aromatic carbocycles. The molecule has 2 aliphatic rings. The van der Waals surface area contributed by atoms with Gasteiger partial charge in [0.25, 0.3) is 5.91 Å². The molecule has 212 valence electrons. The molecular weight excluding hydrogens is 524 g/mol. The molecule has 10 heteroatoms. The fraction of sp³-hybridized carbons (Fsp3) is 0.323. The summed E-state index contributed by atoms with van der Waals surface area (Å²) in [5.74, 6) is -0.535. The standard InChI is InChI=1S/C31H33F2N7O/c1-21(2)38-16-14-37(15-17-38)20-22-5-7-23(8-6-22)31(41)35-27-19-34-40-13-11-29(36-30(27)40)39-12-3-4-28(39)25-18-24(32)9-10-26(25)33/h5-11,13,18-19,28H,1,3-4,12,14-17,20H2,2H3,(H,35,41)/t28-/m1/s1. The van der Waals surface area contributed by atoms with E-state index in [2.05, 4.69) is 26.8 Å². The predicted molar refractivity (Wildman–Crippen MR) is 155 cm³/mol. The smallest absolute Gasteiger partial charge is 0.255 e. The molecule has 8 nitrogen and oxygen atoms in total. The number of carbonyl (C=O) groups is 1. The number of halogens is 2. The van der Waals surface area contributed by atoms with E-state index in [1.807, 2.05) is 36.1 Å². The number of amides is 1. The third kappa shape index (κ3) is 5.65. The highest BCUT2D eigenvalue weighted by Crippen LogP contribution is 2.37. The molecule has 1 atom stereocenters. The first-order chi connectivity index (χ1) is 19.9. The second-order valence-corrected chi connectivity index (χ2v) is 10.8. The zero-order valence-electron chi connectivity index (χ0n) is 23.1. The van der Waals surface area contributed by atoms with Gasteiger partial charge in [0.15, 0.2) is 5.65 Å². The van der Waals surface area contributed by atoms with E-state index in [1.165, 1.54) is 12.1 Å². The van der Waals surface area contributed by atoms with Crippen molar-refractivity contribution < 1.29 is 13.6 Å². The molecule has 0 unspecified atom stereocenters. The molecule has 41 heavy (non-hydrogen) atoms. The monoisotopic (exact) mass is 557 g/mol. The first-order valence-corrected chi connectivity index (χ1v) is 13.9. The fourth-order valence-corrected chi connectivity index (χ4v) is 5.74. The van der Waals surface area contributed by atoms with Crippen molar-refractivity contribution in [3.8, 4) is 0 Å². The molecule has 0 aliphatic carbocycles. The van der Waals surface area contributed by atoms with Crippen molar-refractivity contribution in [1.82, 2.24) is 24.4 Å². The number of hydrogen-bond acceptors (Lipinski definition) is 6. The van der Waals surface area contributed by atoms with Crippen LogP contribution in [0.3, 0.4) is 0 Å². The van der Waals surface area contributed by atoms with E-state index in [0.717, 1.165) is 56.5 Å². The molecule has 0 saturated carbocycles. The highest BCUT2D eigenvalue weighted by atomic mass is 19.1. The van der Waals surface area contributed by atoms with Crippen LogP contribution in [-0.2, 0) is 6.54 Å². The van der Waals surface area contributed by atoms with Gasteiger partial charge in [0.1, 0.15) is 23.1 Å². The van der Waals surface area contributed by atoms with Gasteiger partial charge in [-0.15, -0.1) is 0 Å². The van der Waals surface area contributed by atoms with E-state index in [-0.39, 0.29) is 11.9 Å². The Kier molecular flexibility index (Phi) is 7.40. The number of rotatable bonds is 7. The van der Waals surface area contributed by atoms with Crippen LogP contribution in [0, 0.1) is 11.6 Å². The Hall–Kier alpha value is -4.31. The van der Waals surface area contributed by atoms with E-state index >= 15 is 0 Å². The second kappa shape index (κ2) is 11.3. The molecule has 2 saturated heterocycles. The summed E-state index contributed by atoms with van der Waals surface area (Å²) in [5, 5.41) is 7.27. The van der Waals surface area contributed by atoms with Gasteiger partial charge >= 0.3 is 0 Å². The maximum Gasteiger partial charge on any atom is 0.255 e. The van der Waals surface area contributed by atoms with Gasteiger partial charge in [0.2, 0.25) is 0 Å². The minimum absolute atomic E-state index is 0.255. The normalized spacial score (nSPS) is 17.8. The summed E-state index contributed by atoms with van der Waals surface area (Å²) in [6.07, 6.45) is 4.85. The topological polar surface area (TPSA) is 69.0 Å². The van der Waals surface area contributed by atoms with Crippen molar-refractivity contribution in [3.05, 3.63) is 102 Å². The number of fused-ring (bicyclic) bond motifs is 1. The molecule has 2 aromatic heterocycles. The van der Waals surface area contributed by atoms with Crippen LogP contribution < -0.4 is 10.2 Å². The van der Waals surface area contributed by atoms with Crippen molar-refractivity contribution in [2.24, 2.45) is 0 Å². The minimum atomic E-state index is -0.466. The lowest BCUT2D eigenvalue weighted by Gasteiger charge is -2.36. The summed E-state index contributed by atoms with van der Waals surface area (Å²) < 4.78 is 30.1. The van der Waals surface area contributed by atoms with Crippen LogP contribution in [0.2, 0.25) is 0 Å². The number of nitrogens with zero attached hydrogens (tertiary/aromatic N) is 6. The van der Waals surface area contributed by atoms with Gasteiger partial charge in [-0.2, -0.15) is 5.10 Å². The number of benzene rings is 2. The molecule has 4 aromatic rings. The van der Waals surface area contributed by atoms with Gasteiger partial charge in [-0.1, -0.05) is 18.7 Å². The lowest BCUT2D eigenvalue weighted by atomic mass is 10.0. The highest BCUT2D eigenvalue weighted by molar-refractivity contribution is 6.06.